The number of hydrogen-bond donors (Lipinski definition) is 3. The number of carbonyl (C=O) groups is 2. The number of rotatable bonds is 5. The number of nitrogens with two attached hydrogens (primary N) is 1. The van der Waals surface area contributed by atoms with Gasteiger partial charge >= 0.3 is 6.03 Å². The van der Waals surface area contributed by atoms with Crippen molar-refractivity contribution in [2.45, 2.75) is 19.9 Å². The summed E-state index contributed by atoms with van der Waals surface area (Å²) in [7, 11) is 0. The van der Waals surface area contributed by atoms with Crippen molar-refractivity contribution in [2.75, 3.05) is 16.4 Å². The number of para-hydroxylation sites is 1. The Morgan fingerprint density at radius 2 is 1.91 bits per heavy atom. The standard InChI is InChI=1S/C22H20ClN7O2/c1-12(2)30-10-15(18-20(24)26-11-27-21(18)30)19(31)13-7-14(9-25-8-13)28-22(32)29-17-6-4-3-5-16(17)23/h3-12H,1-2H3,(H2,24,26,27)(H2,28,29,32). The number of nitrogen functional groups attached to an aromatic ring is 1. The summed E-state index contributed by atoms with van der Waals surface area (Å²) < 4.78 is 1.87. The lowest BCUT2D eigenvalue weighted by Gasteiger charge is -2.09. The van der Waals surface area contributed by atoms with Crippen LogP contribution in [0.1, 0.15) is 35.8 Å². The molecule has 0 spiro atoms. The van der Waals surface area contributed by atoms with E-state index in [1.807, 2.05) is 18.4 Å². The molecule has 10 heteroatoms. The highest BCUT2D eigenvalue weighted by molar-refractivity contribution is 6.33. The molecular weight excluding hydrogens is 430 g/mol. The summed E-state index contributed by atoms with van der Waals surface area (Å²) >= 11 is 6.07. The number of nitrogens with one attached hydrogen (secondary N) is 2. The second kappa shape index (κ2) is 8.64. The number of carbonyl (C=O) groups excluding carboxylic acids is 2. The van der Waals surface area contributed by atoms with Gasteiger partial charge in [0.1, 0.15) is 17.8 Å². The summed E-state index contributed by atoms with van der Waals surface area (Å²) in [6, 6.07) is 7.95. The fraction of sp³-hybridized carbons (Fsp3) is 0.136. The molecule has 32 heavy (non-hydrogen) atoms. The molecular formula is C22H20ClN7O2. The molecule has 0 saturated heterocycles. The number of pyridine rings is 1. The van der Waals surface area contributed by atoms with Crippen molar-refractivity contribution < 1.29 is 9.59 Å². The SMILES string of the molecule is CC(C)n1cc(C(=O)c2cncc(NC(=O)Nc3ccccc3Cl)c2)c2c(N)ncnc21. The monoisotopic (exact) mass is 449 g/mol. The Labute approximate surface area is 188 Å². The molecule has 0 fully saturated rings. The van der Waals surface area contributed by atoms with Crippen molar-refractivity contribution in [1.29, 1.82) is 0 Å². The van der Waals surface area contributed by atoms with Gasteiger partial charge in [-0.1, -0.05) is 23.7 Å². The normalized spacial score (nSPS) is 11.0. The zero-order valence-electron chi connectivity index (χ0n) is 17.3. The van der Waals surface area contributed by atoms with Gasteiger partial charge in [-0.25, -0.2) is 14.8 Å². The minimum atomic E-state index is -0.515. The molecule has 162 valence electrons. The number of halogens is 1. The van der Waals surface area contributed by atoms with Gasteiger partial charge in [-0.15, -0.1) is 0 Å². The topological polar surface area (TPSA) is 128 Å². The number of nitrogens with zero attached hydrogens (tertiary/aromatic N) is 4. The van der Waals surface area contributed by atoms with Crippen LogP contribution in [-0.4, -0.2) is 31.3 Å². The van der Waals surface area contributed by atoms with Gasteiger partial charge in [0.05, 0.1) is 33.5 Å². The zero-order valence-corrected chi connectivity index (χ0v) is 18.1. The Morgan fingerprint density at radius 3 is 2.66 bits per heavy atom. The first-order chi connectivity index (χ1) is 15.3. The van der Waals surface area contributed by atoms with Crippen LogP contribution in [0.25, 0.3) is 11.0 Å². The van der Waals surface area contributed by atoms with Crippen LogP contribution in [0.2, 0.25) is 5.02 Å². The van der Waals surface area contributed by atoms with E-state index in [0.717, 1.165) is 0 Å². The van der Waals surface area contributed by atoms with Crippen LogP contribution in [0.15, 0.2) is 55.2 Å². The minimum Gasteiger partial charge on any atom is -0.383 e. The van der Waals surface area contributed by atoms with E-state index in [9.17, 15) is 9.59 Å². The van der Waals surface area contributed by atoms with Crippen molar-refractivity contribution in [3.05, 3.63) is 71.4 Å². The molecule has 0 bridgehead atoms. The van der Waals surface area contributed by atoms with E-state index in [2.05, 4.69) is 25.6 Å². The molecule has 0 saturated carbocycles. The lowest BCUT2D eigenvalue weighted by Crippen LogP contribution is -2.20. The number of urea groups is 1. The van der Waals surface area contributed by atoms with Gasteiger partial charge in [-0.05, 0) is 32.0 Å². The first kappa shape index (κ1) is 21.3. The maximum atomic E-state index is 13.3. The Hall–Kier alpha value is -3.98. The van der Waals surface area contributed by atoms with Crippen molar-refractivity contribution in [1.82, 2.24) is 19.5 Å². The van der Waals surface area contributed by atoms with Crippen LogP contribution in [0.4, 0.5) is 22.0 Å². The van der Waals surface area contributed by atoms with Crippen LogP contribution in [0.3, 0.4) is 0 Å². The summed E-state index contributed by atoms with van der Waals surface area (Å²) in [5.74, 6) is -0.0855. The Bertz CT molecular complexity index is 1330. The quantitative estimate of drug-likeness (QED) is 0.384. The molecule has 1 aromatic carbocycles. The first-order valence-corrected chi connectivity index (χ1v) is 10.2. The minimum absolute atomic E-state index is 0.0629. The van der Waals surface area contributed by atoms with E-state index < -0.39 is 6.03 Å². The molecule has 9 nitrogen and oxygen atoms in total. The van der Waals surface area contributed by atoms with Gasteiger partial charge in [0.15, 0.2) is 5.78 Å². The molecule has 0 aliphatic rings. The van der Waals surface area contributed by atoms with Crippen LogP contribution >= 0.6 is 11.6 Å². The predicted octanol–water partition coefficient (Wildman–Crippen LogP) is 4.52. The second-order valence-electron chi connectivity index (χ2n) is 7.35. The fourth-order valence-electron chi connectivity index (χ4n) is 3.31. The average molecular weight is 450 g/mol. The summed E-state index contributed by atoms with van der Waals surface area (Å²) in [5, 5.41) is 6.21. The van der Waals surface area contributed by atoms with Gasteiger partial charge in [-0.2, -0.15) is 0 Å². The number of anilines is 3. The van der Waals surface area contributed by atoms with E-state index in [-0.39, 0.29) is 23.2 Å². The number of ketones is 1. The zero-order chi connectivity index (χ0) is 22.8. The molecule has 0 radical (unpaired) electrons. The van der Waals surface area contributed by atoms with Gasteiger partial charge in [0.2, 0.25) is 0 Å². The third-order valence-electron chi connectivity index (χ3n) is 4.82. The van der Waals surface area contributed by atoms with Gasteiger partial charge in [-0.3, -0.25) is 9.78 Å². The number of aromatic nitrogens is 4. The lowest BCUT2D eigenvalue weighted by molar-refractivity contribution is 0.103. The third-order valence-corrected chi connectivity index (χ3v) is 5.15. The highest BCUT2D eigenvalue weighted by Crippen LogP contribution is 2.28. The van der Waals surface area contributed by atoms with E-state index in [1.165, 1.54) is 18.7 Å². The average Bonchev–Trinajstić information content (AvgIpc) is 3.16. The van der Waals surface area contributed by atoms with E-state index in [1.54, 1.807) is 36.5 Å². The van der Waals surface area contributed by atoms with Crippen molar-refractivity contribution in [3.63, 3.8) is 0 Å². The van der Waals surface area contributed by atoms with E-state index in [0.29, 0.717) is 33.0 Å². The molecule has 4 aromatic rings. The maximum Gasteiger partial charge on any atom is 0.323 e. The van der Waals surface area contributed by atoms with E-state index in [4.69, 9.17) is 17.3 Å². The number of amides is 2. The van der Waals surface area contributed by atoms with E-state index >= 15 is 0 Å². The Balaban J connectivity index is 1.62. The predicted molar refractivity (Wildman–Crippen MR) is 124 cm³/mol. The van der Waals surface area contributed by atoms with Crippen LogP contribution in [0.5, 0.6) is 0 Å². The molecule has 3 heterocycles. The van der Waals surface area contributed by atoms with Crippen molar-refractivity contribution in [2.24, 2.45) is 0 Å². The van der Waals surface area contributed by atoms with Crippen molar-refractivity contribution >= 4 is 51.6 Å². The molecule has 3 aromatic heterocycles. The fourth-order valence-corrected chi connectivity index (χ4v) is 3.49. The summed E-state index contributed by atoms with van der Waals surface area (Å²) in [6.07, 6.45) is 5.96. The molecule has 4 rings (SSSR count). The summed E-state index contributed by atoms with van der Waals surface area (Å²) in [6.45, 7) is 3.96. The van der Waals surface area contributed by atoms with Crippen molar-refractivity contribution in [3.8, 4) is 0 Å². The molecule has 0 unspecified atom stereocenters. The van der Waals surface area contributed by atoms with Crippen LogP contribution in [-0.2, 0) is 0 Å². The molecule has 0 atom stereocenters. The van der Waals surface area contributed by atoms with Gasteiger partial charge in [0.25, 0.3) is 0 Å². The maximum absolute atomic E-state index is 13.3. The summed E-state index contributed by atoms with van der Waals surface area (Å²) in [4.78, 5) is 38.1. The largest absolute Gasteiger partial charge is 0.383 e. The number of hydrogen-bond acceptors (Lipinski definition) is 6. The number of benzene rings is 1. The smallest absolute Gasteiger partial charge is 0.323 e. The Morgan fingerprint density at radius 1 is 1.12 bits per heavy atom. The highest BCUT2D eigenvalue weighted by Gasteiger charge is 2.22. The third kappa shape index (κ3) is 4.10. The lowest BCUT2D eigenvalue weighted by atomic mass is 10.1. The molecule has 4 N–H and O–H groups in total. The molecule has 0 aliphatic heterocycles. The Kier molecular flexibility index (Phi) is 5.74. The highest BCUT2D eigenvalue weighted by atomic mass is 35.5. The first-order valence-electron chi connectivity index (χ1n) is 9.78. The number of fused-ring (bicyclic) bond motifs is 1. The van der Waals surface area contributed by atoms with Crippen LogP contribution < -0.4 is 16.4 Å². The molecule has 0 aliphatic carbocycles. The second-order valence-corrected chi connectivity index (χ2v) is 7.76. The van der Waals surface area contributed by atoms with Gasteiger partial charge < -0.3 is 20.9 Å². The summed E-state index contributed by atoms with van der Waals surface area (Å²) in [5.41, 5.74) is 8.10. The molecule has 2 amide bonds. The van der Waals surface area contributed by atoms with Gasteiger partial charge in [0, 0.05) is 24.0 Å². The van der Waals surface area contributed by atoms with Crippen LogP contribution in [0, 0.1) is 0 Å².